The zero-order chi connectivity index (χ0) is 14.0. The molecule has 0 bridgehead atoms. The van der Waals surface area contributed by atoms with E-state index in [0.29, 0.717) is 10.6 Å². The Morgan fingerprint density at radius 3 is 2.84 bits per heavy atom. The van der Waals surface area contributed by atoms with E-state index < -0.39 is 5.92 Å². The monoisotopic (exact) mass is 271 g/mol. The molecule has 0 fully saturated rings. The van der Waals surface area contributed by atoms with Crippen LogP contribution in [0.5, 0.6) is 0 Å². The number of hydrogen-bond acceptors (Lipinski definition) is 4. The quantitative estimate of drug-likeness (QED) is 0.834. The summed E-state index contributed by atoms with van der Waals surface area (Å²) in [5, 5.41) is 12.3. The number of nitriles is 1. The molecule has 0 spiro atoms. The van der Waals surface area contributed by atoms with Crippen LogP contribution in [0, 0.1) is 17.2 Å². The number of nitrogens with one attached hydrogen (secondary N) is 1. The van der Waals surface area contributed by atoms with Crippen molar-refractivity contribution in [2.24, 2.45) is 5.92 Å². The molecule has 19 heavy (non-hydrogen) atoms. The summed E-state index contributed by atoms with van der Waals surface area (Å²) in [6, 6.07) is 5.85. The molecule has 0 aromatic carbocycles. The Bertz CT molecular complexity index is 601. The molecule has 2 heterocycles. The van der Waals surface area contributed by atoms with Crippen LogP contribution >= 0.6 is 12.2 Å². The number of carbonyl (C=O) groups is 1. The first-order valence-electron chi connectivity index (χ1n) is 5.88. The standard InChI is InChI=1S/C14H13N3OS/c1-8-12(9(2)18)13(10-4-3-5-16-7-10)11(6-15)14(19)17-8/h3-5,7,11,13H,1-2H3,(H,17,19)/t11-,13-/m1/s1. The lowest BCUT2D eigenvalue weighted by molar-refractivity contribution is -0.114. The maximum Gasteiger partial charge on any atom is 0.158 e. The molecular formula is C14H13N3OS. The average molecular weight is 271 g/mol. The van der Waals surface area contributed by atoms with Crippen LogP contribution in [0.2, 0.25) is 0 Å². The normalized spacial score (nSPS) is 22.7. The molecule has 0 aliphatic carbocycles. The Morgan fingerprint density at radius 1 is 1.58 bits per heavy atom. The van der Waals surface area contributed by atoms with Crippen LogP contribution in [-0.4, -0.2) is 15.8 Å². The van der Waals surface area contributed by atoms with Crippen molar-refractivity contribution in [1.29, 1.82) is 5.26 Å². The van der Waals surface area contributed by atoms with Gasteiger partial charge in [0.05, 0.1) is 11.1 Å². The lowest BCUT2D eigenvalue weighted by Crippen LogP contribution is -2.39. The highest BCUT2D eigenvalue weighted by atomic mass is 32.1. The lowest BCUT2D eigenvalue weighted by Gasteiger charge is -2.31. The van der Waals surface area contributed by atoms with E-state index in [-0.39, 0.29) is 11.7 Å². The highest BCUT2D eigenvalue weighted by Crippen LogP contribution is 2.37. The number of pyridine rings is 1. The molecule has 1 aliphatic rings. The van der Waals surface area contributed by atoms with Gasteiger partial charge in [-0.25, -0.2) is 0 Å². The van der Waals surface area contributed by atoms with Crippen LogP contribution in [0.25, 0.3) is 0 Å². The predicted molar refractivity (Wildman–Crippen MR) is 75.2 cm³/mol. The fourth-order valence-corrected chi connectivity index (χ4v) is 2.76. The van der Waals surface area contributed by atoms with E-state index in [1.807, 2.05) is 6.07 Å². The molecule has 0 saturated heterocycles. The van der Waals surface area contributed by atoms with Gasteiger partial charge >= 0.3 is 0 Å². The molecule has 0 saturated carbocycles. The molecule has 1 aliphatic heterocycles. The van der Waals surface area contributed by atoms with Crippen LogP contribution in [0.4, 0.5) is 0 Å². The zero-order valence-corrected chi connectivity index (χ0v) is 11.5. The second kappa shape index (κ2) is 5.29. The molecule has 0 radical (unpaired) electrons. The van der Waals surface area contributed by atoms with Crippen molar-refractivity contribution in [3.05, 3.63) is 41.4 Å². The van der Waals surface area contributed by atoms with Crippen LogP contribution in [0.1, 0.15) is 25.3 Å². The van der Waals surface area contributed by atoms with E-state index in [0.717, 1.165) is 11.3 Å². The third kappa shape index (κ3) is 2.40. The average Bonchev–Trinajstić information content (AvgIpc) is 2.38. The first-order chi connectivity index (χ1) is 9.06. The minimum absolute atomic E-state index is 0.0541. The number of nitrogens with zero attached hydrogens (tertiary/aromatic N) is 2. The Hall–Kier alpha value is -2.06. The number of allylic oxidation sites excluding steroid dienone is 2. The van der Waals surface area contributed by atoms with E-state index in [9.17, 15) is 10.1 Å². The molecule has 1 aromatic heterocycles. The van der Waals surface area contributed by atoms with Crippen molar-refractivity contribution in [3.8, 4) is 6.07 Å². The number of thiocarbonyl (C=S) groups is 1. The minimum atomic E-state index is -0.540. The van der Waals surface area contributed by atoms with E-state index in [4.69, 9.17) is 12.2 Å². The minimum Gasteiger partial charge on any atom is -0.352 e. The van der Waals surface area contributed by atoms with Crippen molar-refractivity contribution in [2.45, 2.75) is 19.8 Å². The summed E-state index contributed by atoms with van der Waals surface area (Å²) in [7, 11) is 0. The fraction of sp³-hybridized carbons (Fsp3) is 0.286. The molecule has 2 atom stereocenters. The summed E-state index contributed by atoms with van der Waals surface area (Å²) in [4.78, 5) is 16.4. The van der Waals surface area contributed by atoms with Crippen LogP contribution in [-0.2, 0) is 4.79 Å². The van der Waals surface area contributed by atoms with Crippen LogP contribution in [0.15, 0.2) is 35.8 Å². The number of Topliss-reactive ketones (excluding diaryl/α,β-unsaturated/α-hetero) is 1. The molecule has 0 unspecified atom stereocenters. The van der Waals surface area contributed by atoms with E-state index >= 15 is 0 Å². The lowest BCUT2D eigenvalue weighted by atomic mass is 9.77. The molecule has 1 N–H and O–H groups in total. The highest BCUT2D eigenvalue weighted by Gasteiger charge is 2.37. The highest BCUT2D eigenvalue weighted by molar-refractivity contribution is 7.80. The molecule has 2 rings (SSSR count). The SMILES string of the molecule is CC(=O)C1=C(C)NC(=S)[C@H](C#N)[C@H]1c1cccnc1. The molecule has 5 heteroatoms. The molecule has 1 aromatic rings. The Morgan fingerprint density at radius 2 is 2.32 bits per heavy atom. The molecule has 4 nitrogen and oxygen atoms in total. The Kier molecular flexibility index (Phi) is 3.72. The Balaban J connectivity index is 2.62. The van der Waals surface area contributed by atoms with Crippen molar-refractivity contribution >= 4 is 23.0 Å². The van der Waals surface area contributed by atoms with Gasteiger partial charge in [0.15, 0.2) is 5.78 Å². The summed E-state index contributed by atoms with van der Waals surface area (Å²) < 4.78 is 0. The van der Waals surface area contributed by atoms with Gasteiger partial charge in [0.1, 0.15) is 5.92 Å². The largest absolute Gasteiger partial charge is 0.352 e. The third-order valence-corrected chi connectivity index (χ3v) is 3.56. The number of hydrogen-bond donors (Lipinski definition) is 1. The van der Waals surface area contributed by atoms with Gasteiger partial charge in [0, 0.05) is 29.6 Å². The topological polar surface area (TPSA) is 65.8 Å². The van der Waals surface area contributed by atoms with Gasteiger partial charge < -0.3 is 5.32 Å². The van der Waals surface area contributed by atoms with E-state index in [2.05, 4.69) is 16.4 Å². The van der Waals surface area contributed by atoms with E-state index in [1.165, 1.54) is 6.92 Å². The second-order valence-electron chi connectivity index (χ2n) is 4.45. The van der Waals surface area contributed by atoms with Gasteiger partial charge in [0.25, 0.3) is 0 Å². The molecule has 0 amide bonds. The second-order valence-corrected chi connectivity index (χ2v) is 4.89. The van der Waals surface area contributed by atoms with Crippen molar-refractivity contribution < 1.29 is 4.79 Å². The molecular weight excluding hydrogens is 258 g/mol. The number of rotatable bonds is 2. The third-order valence-electron chi connectivity index (χ3n) is 3.20. The van der Waals surface area contributed by atoms with Gasteiger partial charge in [-0.2, -0.15) is 5.26 Å². The summed E-state index contributed by atoms with van der Waals surface area (Å²) in [5.74, 6) is -0.937. The fourth-order valence-electron chi connectivity index (χ4n) is 2.42. The molecule has 96 valence electrons. The van der Waals surface area contributed by atoms with Crippen molar-refractivity contribution in [1.82, 2.24) is 10.3 Å². The zero-order valence-electron chi connectivity index (χ0n) is 10.7. The summed E-state index contributed by atoms with van der Waals surface area (Å²) in [5.41, 5.74) is 2.16. The van der Waals surface area contributed by atoms with Gasteiger partial charge in [-0.05, 0) is 25.5 Å². The number of carbonyl (C=O) groups excluding carboxylic acids is 1. The number of ketones is 1. The number of aromatic nitrogens is 1. The Labute approximate surface area is 117 Å². The summed E-state index contributed by atoms with van der Waals surface area (Å²) in [6.07, 6.45) is 3.34. The van der Waals surface area contributed by atoms with Crippen LogP contribution in [0.3, 0.4) is 0 Å². The maximum atomic E-state index is 11.9. The van der Waals surface area contributed by atoms with Crippen molar-refractivity contribution in [2.75, 3.05) is 0 Å². The summed E-state index contributed by atoms with van der Waals surface area (Å²) in [6.45, 7) is 3.31. The van der Waals surface area contributed by atoms with Crippen molar-refractivity contribution in [3.63, 3.8) is 0 Å². The van der Waals surface area contributed by atoms with Gasteiger partial charge in [-0.1, -0.05) is 18.3 Å². The first-order valence-corrected chi connectivity index (χ1v) is 6.29. The smallest absolute Gasteiger partial charge is 0.158 e. The summed E-state index contributed by atoms with van der Waals surface area (Å²) >= 11 is 5.22. The first kappa shape index (κ1) is 13.4. The maximum absolute atomic E-state index is 11.9. The van der Waals surface area contributed by atoms with Crippen LogP contribution < -0.4 is 5.32 Å². The predicted octanol–water partition coefficient (Wildman–Crippen LogP) is 2.10. The van der Waals surface area contributed by atoms with Gasteiger partial charge in [0.2, 0.25) is 0 Å². The van der Waals surface area contributed by atoms with Gasteiger partial charge in [-0.15, -0.1) is 0 Å². The van der Waals surface area contributed by atoms with E-state index in [1.54, 1.807) is 25.4 Å². The van der Waals surface area contributed by atoms with Gasteiger partial charge in [-0.3, -0.25) is 9.78 Å².